The molecule has 0 saturated carbocycles. The van der Waals surface area contributed by atoms with Crippen LogP contribution in [0.5, 0.6) is 0 Å². The van der Waals surface area contributed by atoms with Crippen molar-refractivity contribution in [3.05, 3.63) is 60.4 Å². The fourth-order valence-corrected chi connectivity index (χ4v) is 6.00. The topological polar surface area (TPSA) is 151 Å². The molecule has 0 aliphatic carbocycles. The van der Waals surface area contributed by atoms with Crippen LogP contribution < -0.4 is 15.8 Å². The van der Waals surface area contributed by atoms with E-state index in [-0.39, 0.29) is 9.79 Å². The fourth-order valence-electron chi connectivity index (χ4n) is 3.93. The smallest absolute Gasteiger partial charge is 0.255 e. The Hall–Kier alpha value is -3.10. The van der Waals surface area contributed by atoms with E-state index in [0.717, 1.165) is 31.5 Å². The third kappa shape index (κ3) is 5.82. The lowest BCUT2D eigenvalue weighted by atomic mass is 10.2. The van der Waals surface area contributed by atoms with Gasteiger partial charge in [0.1, 0.15) is 0 Å². The molecule has 0 bridgehead atoms. The summed E-state index contributed by atoms with van der Waals surface area (Å²) < 4.78 is 50.9. The highest BCUT2D eigenvalue weighted by Gasteiger charge is 2.30. The van der Waals surface area contributed by atoms with E-state index < -0.39 is 20.0 Å². The summed E-state index contributed by atoms with van der Waals surface area (Å²) in [5.74, 6) is 0.318. The van der Waals surface area contributed by atoms with Crippen LogP contribution in [0.15, 0.2) is 64.6 Å². The summed E-state index contributed by atoms with van der Waals surface area (Å²) in [6.07, 6.45) is 5.08. The SMILES string of the molecule is CCN(N1CCCC1)S(=O)(=O)c1ccc(Nc2ncc(Nc3cc(S(N)(=O)=O)ccc3C)cn2)cc1. The minimum atomic E-state index is -3.82. The van der Waals surface area contributed by atoms with Crippen LogP contribution >= 0.6 is 0 Å². The van der Waals surface area contributed by atoms with Gasteiger partial charge in [0.15, 0.2) is 0 Å². The number of hydrazine groups is 1. The summed E-state index contributed by atoms with van der Waals surface area (Å²) in [5, 5.41) is 13.2. The molecule has 0 unspecified atom stereocenters. The van der Waals surface area contributed by atoms with Crippen LogP contribution in [0.4, 0.5) is 23.0 Å². The Balaban J connectivity index is 1.44. The van der Waals surface area contributed by atoms with Crippen LogP contribution in [-0.4, -0.2) is 55.9 Å². The molecule has 36 heavy (non-hydrogen) atoms. The zero-order valence-corrected chi connectivity index (χ0v) is 21.7. The van der Waals surface area contributed by atoms with Gasteiger partial charge in [-0.3, -0.25) is 0 Å². The van der Waals surface area contributed by atoms with Crippen molar-refractivity contribution in [3.63, 3.8) is 0 Å². The summed E-state index contributed by atoms with van der Waals surface area (Å²) in [5.41, 5.74) is 2.58. The number of aromatic nitrogens is 2. The lowest BCUT2D eigenvalue weighted by Crippen LogP contribution is -2.44. The second kappa shape index (κ2) is 10.5. The highest BCUT2D eigenvalue weighted by Crippen LogP contribution is 2.25. The second-order valence-electron chi connectivity index (χ2n) is 8.40. The molecule has 1 aliphatic heterocycles. The summed E-state index contributed by atoms with van der Waals surface area (Å²) in [4.78, 5) is 8.77. The molecule has 0 amide bonds. The Morgan fingerprint density at radius 3 is 2.11 bits per heavy atom. The summed E-state index contributed by atoms with van der Waals surface area (Å²) in [6.45, 7) is 5.53. The van der Waals surface area contributed by atoms with Crippen LogP contribution in [0.2, 0.25) is 0 Å². The van der Waals surface area contributed by atoms with E-state index in [9.17, 15) is 16.8 Å². The lowest BCUT2D eigenvalue weighted by Gasteiger charge is -2.29. The Labute approximate surface area is 211 Å². The summed E-state index contributed by atoms with van der Waals surface area (Å²) in [7, 11) is -7.45. The van der Waals surface area contributed by atoms with Crippen LogP contribution in [0.3, 0.4) is 0 Å². The van der Waals surface area contributed by atoms with E-state index in [1.165, 1.54) is 16.5 Å². The summed E-state index contributed by atoms with van der Waals surface area (Å²) >= 11 is 0. The van der Waals surface area contributed by atoms with Gasteiger partial charge in [-0.2, -0.15) is 0 Å². The normalized spacial score (nSPS) is 14.8. The Bertz CT molecular complexity index is 1420. The van der Waals surface area contributed by atoms with Crippen molar-refractivity contribution in [2.45, 2.75) is 36.5 Å². The van der Waals surface area contributed by atoms with Crippen molar-refractivity contribution in [2.75, 3.05) is 30.3 Å². The van der Waals surface area contributed by atoms with Gasteiger partial charge in [0.05, 0.1) is 27.9 Å². The Morgan fingerprint density at radius 2 is 1.53 bits per heavy atom. The number of nitrogens with two attached hydrogens (primary N) is 1. The molecule has 1 saturated heterocycles. The largest absolute Gasteiger partial charge is 0.353 e. The number of primary sulfonamides is 1. The van der Waals surface area contributed by atoms with E-state index in [4.69, 9.17) is 5.14 Å². The molecule has 0 spiro atoms. The third-order valence-corrected chi connectivity index (χ3v) is 8.65. The molecule has 4 N–H and O–H groups in total. The molecule has 4 rings (SSSR count). The van der Waals surface area contributed by atoms with Crippen molar-refractivity contribution in [2.24, 2.45) is 5.14 Å². The first-order valence-corrected chi connectivity index (χ1v) is 14.4. The Morgan fingerprint density at radius 1 is 0.917 bits per heavy atom. The van der Waals surface area contributed by atoms with Crippen LogP contribution in [0.1, 0.15) is 25.3 Å². The number of hydrogen-bond acceptors (Lipinski definition) is 9. The highest BCUT2D eigenvalue weighted by atomic mass is 32.2. The van der Waals surface area contributed by atoms with Crippen molar-refractivity contribution in [1.29, 1.82) is 0 Å². The standard InChI is InChI=1S/C23H29N7O4S2/c1-3-30(29-12-4-5-13-29)36(33,34)20-10-7-18(8-11-20)28-23-25-15-19(16-26-23)27-22-14-21(35(24,31)32)9-6-17(22)2/h6-11,14-16,27H,3-5,12-13H2,1-2H3,(H2,24,31,32)(H,25,26,28). The van der Waals surface area contributed by atoms with Gasteiger partial charge in [-0.1, -0.05) is 6.07 Å². The zero-order chi connectivity index (χ0) is 25.9. The molecule has 2 heterocycles. The van der Waals surface area contributed by atoms with E-state index in [2.05, 4.69) is 20.6 Å². The van der Waals surface area contributed by atoms with Crippen molar-refractivity contribution < 1.29 is 16.8 Å². The zero-order valence-electron chi connectivity index (χ0n) is 20.0. The fraction of sp³-hybridized carbons (Fsp3) is 0.304. The summed E-state index contributed by atoms with van der Waals surface area (Å²) in [6, 6.07) is 11.0. The van der Waals surface area contributed by atoms with E-state index in [1.807, 2.05) is 18.9 Å². The molecule has 1 aliphatic rings. The molecule has 3 aromatic rings. The number of hydrogen-bond donors (Lipinski definition) is 3. The van der Waals surface area contributed by atoms with Gasteiger partial charge in [-0.25, -0.2) is 37.0 Å². The molecule has 192 valence electrons. The number of aryl methyl sites for hydroxylation is 1. The van der Waals surface area contributed by atoms with Gasteiger partial charge in [-0.15, -0.1) is 4.41 Å². The number of sulfonamides is 2. The van der Waals surface area contributed by atoms with E-state index in [1.54, 1.807) is 42.7 Å². The highest BCUT2D eigenvalue weighted by molar-refractivity contribution is 7.89. The predicted molar refractivity (Wildman–Crippen MR) is 138 cm³/mol. The van der Waals surface area contributed by atoms with E-state index in [0.29, 0.717) is 29.6 Å². The van der Waals surface area contributed by atoms with Crippen molar-refractivity contribution >= 4 is 43.1 Å². The third-order valence-electron chi connectivity index (χ3n) is 5.82. The number of nitrogens with one attached hydrogen (secondary N) is 2. The maximum Gasteiger partial charge on any atom is 0.255 e. The minimum Gasteiger partial charge on any atom is -0.353 e. The minimum absolute atomic E-state index is 0.00255. The molecular formula is C23H29N7O4S2. The van der Waals surface area contributed by atoms with Crippen molar-refractivity contribution in [1.82, 2.24) is 19.4 Å². The maximum absolute atomic E-state index is 13.1. The molecule has 2 aromatic carbocycles. The molecule has 1 fully saturated rings. The number of benzene rings is 2. The first kappa shape index (κ1) is 26.0. The van der Waals surface area contributed by atoms with Crippen LogP contribution in [-0.2, 0) is 20.0 Å². The molecule has 0 atom stereocenters. The average molecular weight is 532 g/mol. The first-order valence-electron chi connectivity index (χ1n) is 11.4. The molecule has 13 heteroatoms. The molecular weight excluding hydrogens is 502 g/mol. The molecule has 11 nitrogen and oxygen atoms in total. The van der Waals surface area contributed by atoms with Gasteiger partial charge < -0.3 is 10.6 Å². The first-order chi connectivity index (χ1) is 17.1. The van der Waals surface area contributed by atoms with Gasteiger partial charge in [0.2, 0.25) is 16.0 Å². The van der Waals surface area contributed by atoms with Gasteiger partial charge >= 0.3 is 0 Å². The average Bonchev–Trinajstić information content (AvgIpc) is 3.36. The van der Waals surface area contributed by atoms with Gasteiger partial charge in [-0.05, 0) is 68.7 Å². The number of anilines is 4. The predicted octanol–water partition coefficient (Wildman–Crippen LogP) is 2.94. The molecule has 0 radical (unpaired) electrons. The number of rotatable bonds is 9. The lowest BCUT2D eigenvalue weighted by molar-refractivity contribution is 0.0952. The van der Waals surface area contributed by atoms with E-state index >= 15 is 0 Å². The van der Waals surface area contributed by atoms with Gasteiger partial charge in [0, 0.05) is 31.0 Å². The van der Waals surface area contributed by atoms with Crippen LogP contribution in [0, 0.1) is 6.92 Å². The molecule has 1 aromatic heterocycles. The number of nitrogens with zero attached hydrogens (tertiary/aromatic N) is 4. The second-order valence-corrected chi connectivity index (χ2v) is 11.8. The van der Waals surface area contributed by atoms with Crippen LogP contribution in [0.25, 0.3) is 0 Å². The maximum atomic E-state index is 13.1. The Kier molecular flexibility index (Phi) is 7.57. The monoisotopic (exact) mass is 531 g/mol. The van der Waals surface area contributed by atoms with Crippen molar-refractivity contribution in [3.8, 4) is 0 Å². The quantitative estimate of drug-likeness (QED) is 0.378. The van der Waals surface area contributed by atoms with Gasteiger partial charge in [0.25, 0.3) is 10.0 Å².